The predicted octanol–water partition coefficient (Wildman–Crippen LogP) is 3.10. The van der Waals surface area contributed by atoms with Gasteiger partial charge in [0.25, 0.3) is 0 Å². The van der Waals surface area contributed by atoms with Crippen molar-refractivity contribution in [3.05, 3.63) is 34.4 Å². The number of alkyl halides is 3. The zero-order valence-corrected chi connectivity index (χ0v) is 7.45. The number of carbonyl (C=O) groups excluding carboxylic acids is 1. The second-order valence-electron chi connectivity index (χ2n) is 2.87. The summed E-state index contributed by atoms with van der Waals surface area (Å²) in [4.78, 5) is 10.3. The van der Waals surface area contributed by atoms with Gasteiger partial charge in [-0.25, -0.2) is 8.78 Å². The van der Waals surface area contributed by atoms with Crippen molar-refractivity contribution in [2.75, 3.05) is 0 Å². The molecule has 0 heterocycles. The van der Waals surface area contributed by atoms with Gasteiger partial charge in [-0.15, -0.1) is 0 Å². The molecule has 0 amide bonds. The average molecular weight is 224 g/mol. The zero-order valence-electron chi connectivity index (χ0n) is 7.45. The number of carbonyl (C=O) groups is 1. The Bertz CT molecular complexity index is 408. The van der Waals surface area contributed by atoms with E-state index in [2.05, 4.69) is 0 Å². The molecule has 0 unspecified atom stereocenters. The van der Waals surface area contributed by atoms with E-state index in [0.717, 1.165) is 6.92 Å². The Balaban J connectivity index is 3.58. The van der Waals surface area contributed by atoms with E-state index >= 15 is 0 Å². The van der Waals surface area contributed by atoms with E-state index in [1.807, 2.05) is 0 Å². The summed E-state index contributed by atoms with van der Waals surface area (Å²) >= 11 is 0. The van der Waals surface area contributed by atoms with Crippen LogP contribution in [0.1, 0.15) is 21.5 Å². The molecule has 0 saturated heterocycles. The maximum Gasteiger partial charge on any atom is 0.416 e. The fraction of sp³-hybridized carbons (Fsp3) is 0.222. The lowest BCUT2D eigenvalue weighted by molar-refractivity contribution is -0.138. The fourth-order valence-corrected chi connectivity index (χ4v) is 1.17. The highest BCUT2D eigenvalue weighted by Gasteiger charge is 2.35. The van der Waals surface area contributed by atoms with Crippen LogP contribution in [-0.4, -0.2) is 6.29 Å². The second-order valence-corrected chi connectivity index (χ2v) is 2.87. The molecule has 0 radical (unpaired) electrons. The summed E-state index contributed by atoms with van der Waals surface area (Å²) in [5.74, 6) is -3.24. The molecule has 1 aromatic carbocycles. The Morgan fingerprint density at radius 3 is 2.20 bits per heavy atom. The summed E-state index contributed by atoms with van der Waals surface area (Å²) in [6.07, 6.45) is -4.95. The summed E-state index contributed by atoms with van der Waals surface area (Å²) in [5.41, 5.74) is -2.86. The van der Waals surface area contributed by atoms with E-state index in [1.165, 1.54) is 0 Å². The lowest BCUT2D eigenvalue weighted by Gasteiger charge is -2.12. The number of rotatable bonds is 1. The number of benzene rings is 1. The molecule has 0 aliphatic carbocycles. The highest BCUT2D eigenvalue weighted by atomic mass is 19.4. The molecule has 6 heteroatoms. The molecule has 82 valence electrons. The van der Waals surface area contributed by atoms with Crippen LogP contribution in [0.25, 0.3) is 0 Å². The van der Waals surface area contributed by atoms with Crippen LogP contribution < -0.4 is 0 Å². The maximum absolute atomic E-state index is 12.9. The molecule has 0 aliphatic heterocycles. The van der Waals surface area contributed by atoms with Crippen LogP contribution in [0.4, 0.5) is 22.0 Å². The Morgan fingerprint density at radius 2 is 1.80 bits per heavy atom. The Kier molecular flexibility index (Phi) is 2.79. The molecule has 0 fully saturated rings. The standard InChI is InChI=1S/C9H5F5O/c1-4-5(3-15)8(11)7(10)2-6(4)9(12,13)14/h2-3H,1H3. The third-order valence-electron chi connectivity index (χ3n) is 1.95. The minimum absolute atomic E-state index is 0.0394. The number of aldehydes is 1. The van der Waals surface area contributed by atoms with Crippen molar-refractivity contribution in [3.63, 3.8) is 0 Å². The van der Waals surface area contributed by atoms with Crippen LogP contribution in [0.15, 0.2) is 6.07 Å². The zero-order chi connectivity index (χ0) is 11.8. The van der Waals surface area contributed by atoms with E-state index in [-0.39, 0.29) is 12.4 Å². The van der Waals surface area contributed by atoms with Gasteiger partial charge in [-0.2, -0.15) is 13.2 Å². The summed E-state index contributed by atoms with van der Waals surface area (Å²) in [5, 5.41) is 0. The number of hydrogen-bond acceptors (Lipinski definition) is 1. The van der Waals surface area contributed by atoms with Gasteiger partial charge < -0.3 is 0 Å². The normalized spacial score (nSPS) is 11.6. The molecule has 1 aromatic rings. The van der Waals surface area contributed by atoms with Gasteiger partial charge in [0, 0.05) is 0 Å². The van der Waals surface area contributed by atoms with E-state index < -0.39 is 34.5 Å². The van der Waals surface area contributed by atoms with Crippen LogP contribution in [0.2, 0.25) is 0 Å². The predicted molar refractivity (Wildman–Crippen MR) is 41.5 cm³/mol. The first kappa shape index (κ1) is 11.6. The summed E-state index contributed by atoms with van der Waals surface area (Å²) in [6.45, 7) is 0.912. The molecule has 0 saturated carbocycles. The van der Waals surface area contributed by atoms with Crippen molar-refractivity contribution in [1.82, 2.24) is 0 Å². The summed E-state index contributed by atoms with van der Waals surface area (Å²) in [6, 6.07) is 0.0394. The first-order chi connectivity index (χ1) is 6.79. The fourth-order valence-electron chi connectivity index (χ4n) is 1.17. The largest absolute Gasteiger partial charge is 0.416 e. The Hall–Kier alpha value is -1.46. The third kappa shape index (κ3) is 1.98. The van der Waals surface area contributed by atoms with Gasteiger partial charge in [0.15, 0.2) is 17.9 Å². The smallest absolute Gasteiger partial charge is 0.298 e. The van der Waals surface area contributed by atoms with Crippen LogP contribution in [0.3, 0.4) is 0 Å². The lowest BCUT2D eigenvalue weighted by Crippen LogP contribution is -2.12. The summed E-state index contributed by atoms with van der Waals surface area (Å²) in [7, 11) is 0. The van der Waals surface area contributed by atoms with Gasteiger partial charge in [-0.1, -0.05) is 0 Å². The Labute approximate surface area is 81.5 Å². The van der Waals surface area contributed by atoms with Crippen LogP contribution in [-0.2, 0) is 6.18 Å². The van der Waals surface area contributed by atoms with Crippen molar-refractivity contribution < 1.29 is 26.7 Å². The SMILES string of the molecule is Cc1c(C(F)(F)F)cc(F)c(F)c1C=O. The molecule has 0 atom stereocenters. The van der Waals surface area contributed by atoms with Crippen LogP contribution in [0, 0.1) is 18.6 Å². The molecule has 0 spiro atoms. The topological polar surface area (TPSA) is 17.1 Å². The van der Waals surface area contributed by atoms with Crippen molar-refractivity contribution >= 4 is 6.29 Å². The van der Waals surface area contributed by atoms with E-state index in [0.29, 0.717) is 0 Å². The highest BCUT2D eigenvalue weighted by Crippen LogP contribution is 2.34. The molecule has 0 bridgehead atoms. The first-order valence-corrected chi connectivity index (χ1v) is 3.80. The highest BCUT2D eigenvalue weighted by molar-refractivity contribution is 5.78. The molecule has 0 aliphatic rings. The monoisotopic (exact) mass is 224 g/mol. The van der Waals surface area contributed by atoms with Gasteiger partial charge >= 0.3 is 6.18 Å². The van der Waals surface area contributed by atoms with Crippen molar-refractivity contribution in [1.29, 1.82) is 0 Å². The molecule has 1 rings (SSSR count). The van der Waals surface area contributed by atoms with E-state index in [9.17, 15) is 26.7 Å². The van der Waals surface area contributed by atoms with Crippen molar-refractivity contribution in [2.45, 2.75) is 13.1 Å². The lowest BCUT2D eigenvalue weighted by atomic mass is 10.0. The van der Waals surface area contributed by atoms with Crippen LogP contribution in [0.5, 0.6) is 0 Å². The third-order valence-corrected chi connectivity index (χ3v) is 1.95. The quantitative estimate of drug-likeness (QED) is 0.529. The Morgan fingerprint density at radius 1 is 1.27 bits per heavy atom. The van der Waals surface area contributed by atoms with Crippen molar-refractivity contribution in [3.8, 4) is 0 Å². The molecule has 0 N–H and O–H groups in total. The van der Waals surface area contributed by atoms with Crippen molar-refractivity contribution in [2.24, 2.45) is 0 Å². The van der Waals surface area contributed by atoms with E-state index in [4.69, 9.17) is 0 Å². The maximum atomic E-state index is 12.9. The van der Waals surface area contributed by atoms with Gasteiger partial charge in [0.1, 0.15) is 0 Å². The van der Waals surface area contributed by atoms with Gasteiger partial charge in [-0.05, 0) is 18.6 Å². The van der Waals surface area contributed by atoms with Crippen LogP contribution >= 0.6 is 0 Å². The molecular formula is C9H5F5O. The van der Waals surface area contributed by atoms with Gasteiger partial charge in [-0.3, -0.25) is 4.79 Å². The molecule has 1 nitrogen and oxygen atoms in total. The second kappa shape index (κ2) is 3.60. The van der Waals surface area contributed by atoms with Gasteiger partial charge in [0.05, 0.1) is 11.1 Å². The minimum atomic E-state index is -4.81. The summed E-state index contributed by atoms with van der Waals surface area (Å²) < 4.78 is 62.4. The van der Waals surface area contributed by atoms with Gasteiger partial charge in [0.2, 0.25) is 0 Å². The first-order valence-electron chi connectivity index (χ1n) is 3.80. The van der Waals surface area contributed by atoms with E-state index in [1.54, 1.807) is 0 Å². The number of hydrogen-bond donors (Lipinski definition) is 0. The number of halogens is 5. The molecule has 15 heavy (non-hydrogen) atoms. The molecular weight excluding hydrogens is 219 g/mol. The molecule has 0 aromatic heterocycles. The minimum Gasteiger partial charge on any atom is -0.298 e. The average Bonchev–Trinajstić information content (AvgIpc) is 2.10.